The maximum atomic E-state index is 2.46. The van der Waals surface area contributed by atoms with Crippen molar-refractivity contribution in [2.75, 3.05) is 0 Å². The summed E-state index contributed by atoms with van der Waals surface area (Å²) in [6, 6.07) is 82.7. The second kappa shape index (κ2) is 13.4. The molecule has 0 bridgehead atoms. The Morgan fingerprint density at radius 3 is 1.64 bits per heavy atom. The van der Waals surface area contributed by atoms with E-state index in [1.807, 2.05) is 0 Å². The molecule has 12 aromatic rings. The summed E-state index contributed by atoms with van der Waals surface area (Å²) in [4.78, 5) is 0. The Morgan fingerprint density at radius 2 is 0.831 bits per heavy atom. The second-order valence-electron chi connectivity index (χ2n) is 15.6. The van der Waals surface area contributed by atoms with Crippen LogP contribution in [0.3, 0.4) is 0 Å². The van der Waals surface area contributed by atoms with E-state index in [2.05, 4.69) is 229 Å². The predicted octanol–water partition coefficient (Wildman–Crippen LogP) is 16.1. The van der Waals surface area contributed by atoms with E-state index in [1.54, 1.807) is 0 Å². The third kappa shape index (κ3) is 5.33. The van der Waals surface area contributed by atoms with Gasteiger partial charge >= 0.3 is 0 Å². The minimum Gasteiger partial charge on any atom is -0.309 e. The zero-order valence-corrected chi connectivity index (χ0v) is 32.3. The Hall–Kier alpha value is -7.74. The number of hydrogen-bond acceptors (Lipinski definition) is 0. The first-order valence-electron chi connectivity index (χ1n) is 20.4. The van der Waals surface area contributed by atoms with Gasteiger partial charge in [-0.25, -0.2) is 0 Å². The summed E-state index contributed by atoms with van der Waals surface area (Å²) in [6.45, 7) is 0. The van der Waals surface area contributed by atoms with E-state index in [9.17, 15) is 0 Å². The molecule has 0 saturated heterocycles. The predicted molar refractivity (Wildman–Crippen MR) is 253 cm³/mol. The van der Waals surface area contributed by atoms with Crippen LogP contribution in [-0.4, -0.2) is 4.57 Å². The van der Waals surface area contributed by atoms with Crippen LogP contribution in [0.2, 0.25) is 0 Å². The number of hydrogen-bond donors (Lipinski definition) is 0. The van der Waals surface area contributed by atoms with Crippen molar-refractivity contribution in [3.8, 4) is 50.3 Å². The number of nitrogens with zero attached hydrogens (tertiary/aromatic N) is 1. The Kier molecular flexibility index (Phi) is 7.61. The molecule has 0 aliphatic heterocycles. The van der Waals surface area contributed by atoms with Crippen molar-refractivity contribution in [3.05, 3.63) is 224 Å². The van der Waals surface area contributed by atoms with E-state index in [4.69, 9.17) is 0 Å². The number of fused-ring (bicyclic) bond motifs is 6. The lowest BCUT2D eigenvalue weighted by Gasteiger charge is -2.20. The smallest absolute Gasteiger partial charge is 0.0547 e. The summed E-state index contributed by atoms with van der Waals surface area (Å²) in [5.74, 6) is 0. The van der Waals surface area contributed by atoms with Crippen LogP contribution >= 0.6 is 0 Å². The fourth-order valence-electron chi connectivity index (χ4n) is 9.72. The molecule has 0 spiro atoms. The van der Waals surface area contributed by atoms with Gasteiger partial charge in [-0.15, -0.1) is 0 Å². The fraction of sp³-hybridized carbons (Fsp3) is 0. The highest BCUT2D eigenvalue weighted by atomic mass is 15.0. The van der Waals surface area contributed by atoms with Crippen molar-refractivity contribution in [2.45, 2.75) is 0 Å². The molecule has 0 unspecified atom stereocenters. The van der Waals surface area contributed by atoms with Gasteiger partial charge in [0, 0.05) is 16.6 Å². The highest BCUT2D eigenvalue weighted by molar-refractivity contribution is 6.24. The molecule has 12 rings (SSSR count). The molecule has 0 fully saturated rings. The number of benzene rings is 11. The SMILES string of the molecule is c1ccc(-n2c(-c3ccc(-c4ccc5c(-c6cccc7ccccc67)c6ccccc6c(-c6ccc7ccccc7c6)c5c4)c4ccccc34)cc3ccccc32)cc1. The molecule has 11 aromatic carbocycles. The van der Waals surface area contributed by atoms with Gasteiger partial charge in [0.15, 0.2) is 0 Å². The van der Waals surface area contributed by atoms with Crippen LogP contribution in [0.25, 0.3) is 115 Å². The highest BCUT2D eigenvalue weighted by Crippen LogP contribution is 2.47. The maximum absolute atomic E-state index is 2.46. The number of aromatic nitrogens is 1. The Balaban J connectivity index is 1.15. The first-order valence-corrected chi connectivity index (χ1v) is 20.4. The molecule has 0 atom stereocenters. The van der Waals surface area contributed by atoms with E-state index < -0.39 is 0 Å². The molecule has 1 heteroatoms. The van der Waals surface area contributed by atoms with E-state index in [-0.39, 0.29) is 0 Å². The summed E-state index contributed by atoms with van der Waals surface area (Å²) in [5, 5.41) is 13.7. The highest BCUT2D eigenvalue weighted by Gasteiger charge is 2.21. The van der Waals surface area contributed by atoms with E-state index in [0.29, 0.717) is 0 Å². The van der Waals surface area contributed by atoms with Crippen molar-refractivity contribution >= 4 is 64.8 Å². The van der Waals surface area contributed by atoms with Crippen molar-refractivity contribution < 1.29 is 0 Å². The second-order valence-corrected chi connectivity index (χ2v) is 15.6. The molecule has 59 heavy (non-hydrogen) atoms. The summed E-state index contributed by atoms with van der Waals surface area (Å²) in [6.07, 6.45) is 0. The molecule has 1 aromatic heterocycles. The third-order valence-corrected chi connectivity index (χ3v) is 12.4. The molecule has 1 heterocycles. The maximum Gasteiger partial charge on any atom is 0.0547 e. The lowest BCUT2D eigenvalue weighted by molar-refractivity contribution is 1.14. The molecule has 274 valence electrons. The molecular formula is C58H37N. The first kappa shape index (κ1) is 33.4. The molecule has 0 radical (unpaired) electrons. The van der Waals surface area contributed by atoms with Gasteiger partial charge < -0.3 is 4.57 Å². The van der Waals surface area contributed by atoms with Gasteiger partial charge in [-0.1, -0.05) is 188 Å². The van der Waals surface area contributed by atoms with Crippen molar-refractivity contribution in [1.82, 2.24) is 4.57 Å². The third-order valence-electron chi connectivity index (χ3n) is 12.4. The molecule has 0 N–H and O–H groups in total. The van der Waals surface area contributed by atoms with Crippen molar-refractivity contribution in [3.63, 3.8) is 0 Å². The van der Waals surface area contributed by atoms with Gasteiger partial charge in [0.25, 0.3) is 0 Å². The van der Waals surface area contributed by atoms with Crippen LogP contribution < -0.4 is 0 Å². The number of rotatable bonds is 5. The van der Waals surface area contributed by atoms with Crippen LogP contribution in [-0.2, 0) is 0 Å². The normalized spacial score (nSPS) is 11.7. The Labute approximate surface area is 342 Å². The molecule has 1 nitrogen and oxygen atoms in total. The first-order chi connectivity index (χ1) is 29.3. The molecule has 0 amide bonds. The van der Waals surface area contributed by atoms with Gasteiger partial charge in [-0.05, 0) is 124 Å². The van der Waals surface area contributed by atoms with E-state index in [1.165, 1.54) is 109 Å². The quantitative estimate of drug-likeness (QED) is 0.155. The summed E-state index contributed by atoms with van der Waals surface area (Å²) in [7, 11) is 0. The lowest BCUT2D eigenvalue weighted by Crippen LogP contribution is -1.97. The summed E-state index contributed by atoms with van der Waals surface area (Å²) >= 11 is 0. The largest absolute Gasteiger partial charge is 0.309 e. The van der Waals surface area contributed by atoms with Crippen LogP contribution in [0.4, 0.5) is 0 Å². The van der Waals surface area contributed by atoms with Crippen molar-refractivity contribution in [2.24, 2.45) is 0 Å². The van der Waals surface area contributed by atoms with Crippen LogP contribution in [0.15, 0.2) is 224 Å². The van der Waals surface area contributed by atoms with Crippen molar-refractivity contribution in [1.29, 1.82) is 0 Å². The average molecular weight is 748 g/mol. The molecule has 0 aliphatic carbocycles. The number of para-hydroxylation sites is 2. The minimum atomic E-state index is 1.15. The summed E-state index contributed by atoms with van der Waals surface area (Å²) in [5.41, 5.74) is 12.2. The standard InChI is InChI=1S/C58H37N/c1-2-20-44(21-3-1)59-55-28-13-7-18-42(55)37-56(59)49-34-33-46(47-23-9-10-24-48(47)49)41-31-32-53-54(36-41)57(43-30-29-38-15-4-5-17-40(38)35-43)51-25-11-12-26-52(51)58(53)50-27-14-19-39-16-6-8-22-45(39)50/h1-37H. The molecule has 0 saturated carbocycles. The van der Waals surface area contributed by atoms with Gasteiger partial charge in [-0.3, -0.25) is 0 Å². The Morgan fingerprint density at radius 1 is 0.254 bits per heavy atom. The van der Waals surface area contributed by atoms with Crippen LogP contribution in [0.1, 0.15) is 0 Å². The summed E-state index contributed by atoms with van der Waals surface area (Å²) < 4.78 is 2.41. The van der Waals surface area contributed by atoms with Crippen LogP contribution in [0, 0.1) is 0 Å². The zero-order valence-electron chi connectivity index (χ0n) is 32.3. The van der Waals surface area contributed by atoms with Gasteiger partial charge in [0.2, 0.25) is 0 Å². The zero-order chi connectivity index (χ0) is 38.9. The lowest BCUT2D eigenvalue weighted by atomic mass is 9.83. The van der Waals surface area contributed by atoms with E-state index in [0.717, 1.165) is 5.69 Å². The fourth-order valence-corrected chi connectivity index (χ4v) is 9.72. The average Bonchev–Trinajstić information content (AvgIpc) is 3.70. The minimum absolute atomic E-state index is 1.15. The van der Waals surface area contributed by atoms with E-state index >= 15 is 0 Å². The van der Waals surface area contributed by atoms with Gasteiger partial charge in [0.05, 0.1) is 11.2 Å². The Bertz CT molecular complexity index is 3600. The van der Waals surface area contributed by atoms with Crippen LogP contribution in [0.5, 0.6) is 0 Å². The molecular weight excluding hydrogens is 711 g/mol. The molecule has 0 aliphatic rings. The van der Waals surface area contributed by atoms with Gasteiger partial charge in [-0.2, -0.15) is 0 Å². The van der Waals surface area contributed by atoms with Gasteiger partial charge in [0.1, 0.15) is 0 Å². The monoisotopic (exact) mass is 747 g/mol. The topological polar surface area (TPSA) is 4.93 Å².